The molecule has 0 radical (unpaired) electrons. The topological polar surface area (TPSA) is 175 Å². The van der Waals surface area contributed by atoms with E-state index < -0.39 is 5.97 Å². The van der Waals surface area contributed by atoms with E-state index in [4.69, 9.17) is 14.6 Å². The summed E-state index contributed by atoms with van der Waals surface area (Å²) in [6, 6.07) is 6.30. The van der Waals surface area contributed by atoms with Crippen LogP contribution >= 0.6 is 0 Å². The molecule has 0 saturated carbocycles. The van der Waals surface area contributed by atoms with Crippen LogP contribution in [0.15, 0.2) is 24.3 Å². The summed E-state index contributed by atoms with van der Waals surface area (Å²) in [6.45, 7) is 7.88. The van der Waals surface area contributed by atoms with E-state index in [-0.39, 0.29) is 30.0 Å². The number of ketones is 1. The van der Waals surface area contributed by atoms with Crippen LogP contribution in [0.25, 0.3) is 0 Å². The highest BCUT2D eigenvalue weighted by atomic mass is 16.5. The molecule has 13 nitrogen and oxygen atoms in total. The summed E-state index contributed by atoms with van der Waals surface area (Å²) in [6.07, 6.45) is 8.45. The van der Waals surface area contributed by atoms with Crippen molar-refractivity contribution in [2.24, 2.45) is 0 Å². The number of hydrogen-bond donors (Lipinski definition) is 5. The van der Waals surface area contributed by atoms with E-state index in [0.717, 1.165) is 58.0 Å². The normalized spacial score (nSPS) is 10.9. The van der Waals surface area contributed by atoms with Crippen molar-refractivity contribution in [3.05, 3.63) is 35.4 Å². The lowest BCUT2D eigenvalue weighted by molar-refractivity contribution is -0.137. The fourth-order valence-corrected chi connectivity index (χ4v) is 4.73. The third-order valence-corrected chi connectivity index (χ3v) is 7.43. The molecule has 13 heteroatoms. The number of unbranched alkanes of at least 4 members (excludes halogenated alkanes) is 4. The Labute approximate surface area is 286 Å². The van der Waals surface area contributed by atoms with Crippen LogP contribution in [0, 0.1) is 0 Å². The van der Waals surface area contributed by atoms with Crippen LogP contribution in [0.3, 0.4) is 0 Å². The van der Waals surface area contributed by atoms with Gasteiger partial charge in [0.2, 0.25) is 5.91 Å². The Balaban J connectivity index is 2.00. The Morgan fingerprint density at radius 2 is 1.25 bits per heavy atom. The van der Waals surface area contributed by atoms with Gasteiger partial charge in [-0.3, -0.25) is 19.2 Å². The highest BCUT2D eigenvalue weighted by Gasteiger charge is 2.09. The Morgan fingerprint density at radius 3 is 1.94 bits per heavy atom. The average Bonchev–Trinajstić information content (AvgIpc) is 3.06. The highest BCUT2D eigenvalue weighted by Crippen LogP contribution is 2.09. The van der Waals surface area contributed by atoms with E-state index in [2.05, 4.69) is 40.1 Å². The van der Waals surface area contributed by atoms with Gasteiger partial charge in [0.25, 0.3) is 5.91 Å². The number of amides is 4. The predicted molar refractivity (Wildman–Crippen MR) is 185 cm³/mol. The second kappa shape index (κ2) is 28.5. The number of rotatable bonds is 30. The van der Waals surface area contributed by atoms with Gasteiger partial charge in [0.05, 0.1) is 19.8 Å². The Bertz CT molecular complexity index is 1050. The Hall–Kier alpha value is -3.55. The number of carbonyl (C=O) groups is 5. The molecule has 0 aliphatic rings. The van der Waals surface area contributed by atoms with Crippen molar-refractivity contribution in [2.45, 2.75) is 84.0 Å². The lowest BCUT2D eigenvalue weighted by atomic mass is 10.0. The maximum absolute atomic E-state index is 12.5. The van der Waals surface area contributed by atoms with Gasteiger partial charge in [0, 0.05) is 63.2 Å². The first-order valence-electron chi connectivity index (χ1n) is 17.5. The standard InChI is InChI=1S/C35H59N5O8/c1-3-23-40(2)24-9-4-6-13-32(42)36-22-26-48-28-27-47-25-11-12-31(41)29-15-17-30(18-16-29)34(45)37-19-7-5-8-20-38-35(46)39-21-10-14-33(43)44/h15-18H,3-14,19-28H2,1-2H3,(H,36,42)(H,37,45)(H,43,44)(H2,38,39,46). The number of ether oxygens (including phenoxy) is 2. The zero-order chi connectivity index (χ0) is 35.2. The molecule has 48 heavy (non-hydrogen) atoms. The molecule has 0 spiro atoms. The van der Waals surface area contributed by atoms with E-state index in [9.17, 15) is 24.0 Å². The first-order chi connectivity index (χ1) is 23.2. The van der Waals surface area contributed by atoms with Crippen molar-refractivity contribution in [3.63, 3.8) is 0 Å². The molecule has 0 aliphatic carbocycles. The number of benzene rings is 1. The Morgan fingerprint density at radius 1 is 0.625 bits per heavy atom. The zero-order valence-corrected chi connectivity index (χ0v) is 29.1. The molecular formula is C35H59N5O8. The number of carbonyl (C=O) groups excluding carboxylic acids is 4. The van der Waals surface area contributed by atoms with Gasteiger partial charge in [-0.2, -0.15) is 0 Å². The minimum atomic E-state index is -0.887. The van der Waals surface area contributed by atoms with Crippen molar-refractivity contribution in [3.8, 4) is 0 Å². The van der Waals surface area contributed by atoms with Crippen molar-refractivity contribution in [1.29, 1.82) is 0 Å². The van der Waals surface area contributed by atoms with E-state index in [1.807, 2.05) is 0 Å². The van der Waals surface area contributed by atoms with Gasteiger partial charge in [0.1, 0.15) is 0 Å². The zero-order valence-electron chi connectivity index (χ0n) is 29.1. The van der Waals surface area contributed by atoms with Crippen LogP contribution in [0.1, 0.15) is 105 Å². The molecule has 0 unspecified atom stereocenters. The summed E-state index contributed by atoms with van der Waals surface area (Å²) in [7, 11) is 2.13. The second-order valence-electron chi connectivity index (χ2n) is 11.8. The summed E-state index contributed by atoms with van der Waals surface area (Å²) >= 11 is 0. The first kappa shape index (κ1) is 42.5. The molecule has 0 aliphatic heterocycles. The lowest BCUT2D eigenvalue weighted by Gasteiger charge is -2.14. The quantitative estimate of drug-likeness (QED) is 0.0600. The second-order valence-corrected chi connectivity index (χ2v) is 11.8. The Kier molecular flexibility index (Phi) is 25.2. The highest BCUT2D eigenvalue weighted by molar-refractivity contribution is 5.98. The van der Waals surface area contributed by atoms with Gasteiger partial charge >= 0.3 is 12.0 Å². The average molecular weight is 678 g/mol. The van der Waals surface area contributed by atoms with Gasteiger partial charge in [-0.25, -0.2) is 4.79 Å². The monoisotopic (exact) mass is 677 g/mol. The van der Waals surface area contributed by atoms with Crippen molar-refractivity contribution < 1.29 is 38.6 Å². The molecule has 0 aromatic heterocycles. The van der Waals surface area contributed by atoms with Crippen LogP contribution in [0.2, 0.25) is 0 Å². The molecule has 1 rings (SSSR count). The van der Waals surface area contributed by atoms with Crippen molar-refractivity contribution in [2.75, 3.05) is 72.7 Å². The molecule has 272 valence electrons. The van der Waals surface area contributed by atoms with Gasteiger partial charge in [-0.05, 0) is 83.6 Å². The van der Waals surface area contributed by atoms with Crippen LogP contribution < -0.4 is 21.3 Å². The minimum absolute atomic E-state index is 0.0102. The molecule has 4 amide bonds. The van der Waals surface area contributed by atoms with Gasteiger partial charge in [-0.1, -0.05) is 25.5 Å². The van der Waals surface area contributed by atoms with E-state index in [0.29, 0.717) is 89.4 Å². The number of nitrogens with zero attached hydrogens (tertiary/aromatic N) is 1. The van der Waals surface area contributed by atoms with E-state index in [1.54, 1.807) is 24.3 Å². The van der Waals surface area contributed by atoms with Gasteiger partial charge in [-0.15, -0.1) is 0 Å². The molecule has 0 bridgehead atoms. The molecule has 5 N–H and O–H groups in total. The third kappa shape index (κ3) is 23.7. The summed E-state index contributed by atoms with van der Waals surface area (Å²) in [5.41, 5.74) is 1.03. The van der Waals surface area contributed by atoms with Gasteiger partial charge in [0.15, 0.2) is 5.78 Å². The van der Waals surface area contributed by atoms with Gasteiger partial charge < -0.3 is 40.7 Å². The number of carboxylic acids is 1. The molecule has 0 saturated heterocycles. The SMILES string of the molecule is CCCN(C)CCCCCC(=O)NCCOCCOCCCC(=O)c1ccc(C(=O)NCCCCCNC(=O)NCCCC(=O)O)cc1. The fourth-order valence-electron chi connectivity index (χ4n) is 4.73. The van der Waals surface area contributed by atoms with E-state index >= 15 is 0 Å². The summed E-state index contributed by atoms with van der Waals surface area (Å²) in [5.74, 6) is -1.04. The summed E-state index contributed by atoms with van der Waals surface area (Å²) in [4.78, 5) is 61.2. The van der Waals surface area contributed by atoms with Crippen LogP contribution in [0.5, 0.6) is 0 Å². The lowest BCUT2D eigenvalue weighted by Crippen LogP contribution is -2.36. The number of carboxylic acid groups (broad SMARTS) is 1. The number of hydrogen-bond acceptors (Lipinski definition) is 8. The van der Waals surface area contributed by atoms with E-state index in [1.165, 1.54) is 0 Å². The molecule has 0 heterocycles. The summed E-state index contributed by atoms with van der Waals surface area (Å²) < 4.78 is 11.1. The molecule has 0 fully saturated rings. The maximum atomic E-state index is 12.5. The van der Waals surface area contributed by atoms with Crippen LogP contribution in [0.4, 0.5) is 4.79 Å². The molecule has 0 atom stereocenters. The minimum Gasteiger partial charge on any atom is -0.481 e. The smallest absolute Gasteiger partial charge is 0.314 e. The third-order valence-electron chi connectivity index (χ3n) is 7.43. The molecule has 1 aromatic carbocycles. The molecule has 1 aromatic rings. The van der Waals surface area contributed by atoms with Crippen molar-refractivity contribution in [1.82, 2.24) is 26.2 Å². The number of Topliss-reactive ketones (excluding diaryl/α,β-unsaturated/α-hetero) is 1. The predicted octanol–water partition coefficient (Wildman–Crippen LogP) is 3.77. The largest absolute Gasteiger partial charge is 0.481 e. The number of aliphatic carboxylic acids is 1. The number of urea groups is 1. The van der Waals surface area contributed by atoms with Crippen LogP contribution in [-0.4, -0.2) is 112 Å². The molecular weight excluding hydrogens is 618 g/mol. The first-order valence-corrected chi connectivity index (χ1v) is 17.5. The fraction of sp³-hybridized carbons (Fsp3) is 0.686. The van der Waals surface area contributed by atoms with Crippen LogP contribution in [-0.2, 0) is 19.1 Å². The maximum Gasteiger partial charge on any atom is 0.314 e. The van der Waals surface area contributed by atoms with Crippen molar-refractivity contribution >= 4 is 29.6 Å². The summed E-state index contributed by atoms with van der Waals surface area (Å²) in [5, 5.41) is 19.7. The number of nitrogens with one attached hydrogen (secondary N) is 4.